The quantitative estimate of drug-likeness (QED) is 0.688. The molecule has 3 aromatic rings. The van der Waals surface area contributed by atoms with Gasteiger partial charge in [0.15, 0.2) is 5.01 Å². The molecule has 7 nitrogen and oxygen atoms in total. The van der Waals surface area contributed by atoms with Crippen LogP contribution in [0.2, 0.25) is 0 Å². The van der Waals surface area contributed by atoms with Crippen LogP contribution in [0.5, 0.6) is 5.75 Å². The highest BCUT2D eigenvalue weighted by Gasteiger charge is 2.13. The molecule has 132 valence electrons. The zero-order chi connectivity index (χ0) is 18.5. The maximum Gasteiger partial charge on any atom is 0.335 e. The maximum atomic E-state index is 12.9. The summed E-state index contributed by atoms with van der Waals surface area (Å²) in [5.74, 6) is -1.39. The number of aromatic nitrogens is 2. The molecular weight excluding hydrogens is 361 g/mol. The fourth-order valence-corrected chi connectivity index (χ4v) is 2.61. The fraction of sp³-hybridized carbons (Fsp3) is 0.0588. The highest BCUT2D eigenvalue weighted by molar-refractivity contribution is 7.13. The molecule has 0 bridgehead atoms. The number of carboxylic acid groups (broad SMARTS) is 1. The third-order valence-corrected chi connectivity index (χ3v) is 4.12. The van der Waals surface area contributed by atoms with Gasteiger partial charge in [0.25, 0.3) is 5.91 Å². The van der Waals surface area contributed by atoms with Gasteiger partial charge in [-0.2, -0.15) is 0 Å². The summed E-state index contributed by atoms with van der Waals surface area (Å²) in [6.45, 7) is 0.0912. The van der Waals surface area contributed by atoms with Crippen LogP contribution in [0.3, 0.4) is 0 Å². The molecule has 0 saturated carbocycles. The van der Waals surface area contributed by atoms with Crippen molar-refractivity contribution in [3.8, 4) is 5.75 Å². The Morgan fingerprint density at radius 1 is 1.08 bits per heavy atom. The molecule has 0 fully saturated rings. The number of nitrogens with zero attached hydrogens (tertiary/aromatic N) is 2. The van der Waals surface area contributed by atoms with Crippen molar-refractivity contribution in [1.82, 2.24) is 10.2 Å². The number of carbonyl (C=O) groups is 2. The van der Waals surface area contributed by atoms with Gasteiger partial charge in [-0.25, -0.2) is 9.18 Å². The number of carbonyl (C=O) groups excluding carboxylic acids is 1. The molecule has 0 saturated heterocycles. The van der Waals surface area contributed by atoms with Crippen molar-refractivity contribution in [3.63, 3.8) is 0 Å². The fourth-order valence-electron chi connectivity index (χ4n) is 1.96. The van der Waals surface area contributed by atoms with Gasteiger partial charge in [0.05, 0.1) is 5.56 Å². The van der Waals surface area contributed by atoms with E-state index in [1.54, 1.807) is 0 Å². The number of hydrogen-bond donors (Lipinski definition) is 2. The Kier molecular flexibility index (Phi) is 5.18. The number of carboxylic acids is 1. The van der Waals surface area contributed by atoms with Gasteiger partial charge in [-0.3, -0.25) is 4.79 Å². The van der Waals surface area contributed by atoms with E-state index < -0.39 is 17.7 Å². The first kappa shape index (κ1) is 17.5. The maximum absolute atomic E-state index is 12.9. The first-order chi connectivity index (χ1) is 12.5. The van der Waals surface area contributed by atoms with Gasteiger partial charge in [-0.1, -0.05) is 11.3 Å². The third kappa shape index (κ3) is 4.39. The van der Waals surface area contributed by atoms with E-state index in [9.17, 15) is 14.0 Å². The van der Waals surface area contributed by atoms with Crippen LogP contribution >= 0.6 is 11.3 Å². The van der Waals surface area contributed by atoms with E-state index in [1.165, 1.54) is 48.5 Å². The van der Waals surface area contributed by atoms with Crippen molar-refractivity contribution >= 4 is 28.9 Å². The number of rotatable bonds is 6. The summed E-state index contributed by atoms with van der Waals surface area (Å²) in [5.41, 5.74) is 0.607. The van der Waals surface area contributed by atoms with E-state index in [2.05, 4.69) is 15.5 Å². The Bertz CT molecular complexity index is 926. The van der Waals surface area contributed by atoms with Crippen LogP contribution in [0.15, 0.2) is 48.5 Å². The second-order valence-electron chi connectivity index (χ2n) is 5.08. The van der Waals surface area contributed by atoms with Crippen LogP contribution in [0.25, 0.3) is 0 Å². The number of nitrogens with one attached hydrogen (secondary N) is 1. The number of hydrogen-bond acceptors (Lipinski definition) is 6. The van der Waals surface area contributed by atoms with Crippen molar-refractivity contribution < 1.29 is 23.8 Å². The van der Waals surface area contributed by atoms with Crippen LogP contribution in [0.1, 0.15) is 25.2 Å². The average molecular weight is 373 g/mol. The van der Waals surface area contributed by atoms with Gasteiger partial charge in [-0.05, 0) is 48.5 Å². The molecule has 0 aliphatic heterocycles. The Hall–Kier alpha value is -3.33. The molecule has 0 aliphatic carbocycles. The monoisotopic (exact) mass is 373 g/mol. The Morgan fingerprint density at radius 3 is 2.42 bits per heavy atom. The number of benzene rings is 2. The molecule has 0 radical (unpaired) electrons. The summed E-state index contributed by atoms with van der Waals surface area (Å²) >= 11 is 1.06. The van der Waals surface area contributed by atoms with Gasteiger partial charge in [-0.15, -0.1) is 10.2 Å². The molecule has 3 rings (SSSR count). The smallest absolute Gasteiger partial charge is 0.335 e. The van der Waals surface area contributed by atoms with E-state index in [4.69, 9.17) is 9.84 Å². The molecule has 0 spiro atoms. The molecule has 2 aromatic carbocycles. The average Bonchev–Trinajstić information content (AvgIpc) is 3.11. The second-order valence-corrected chi connectivity index (χ2v) is 6.14. The standard InChI is InChI=1S/C17H12FN3O4S/c18-11-3-5-12(6-4-11)19-15(22)16-21-20-14(26-16)9-25-13-7-1-10(2-8-13)17(23)24/h1-8H,9H2,(H,19,22)(H,23,24). The van der Waals surface area contributed by atoms with E-state index in [0.29, 0.717) is 16.4 Å². The molecule has 26 heavy (non-hydrogen) atoms. The lowest BCUT2D eigenvalue weighted by atomic mass is 10.2. The molecule has 0 aliphatic rings. The summed E-state index contributed by atoms with van der Waals surface area (Å²) in [5, 5.41) is 19.8. The number of amides is 1. The zero-order valence-corrected chi connectivity index (χ0v) is 14.0. The number of aromatic carboxylic acids is 1. The van der Waals surface area contributed by atoms with E-state index >= 15 is 0 Å². The molecule has 1 heterocycles. The molecule has 2 N–H and O–H groups in total. The van der Waals surface area contributed by atoms with Crippen molar-refractivity contribution in [1.29, 1.82) is 0 Å². The Balaban J connectivity index is 1.57. The predicted octanol–water partition coefficient (Wildman–Crippen LogP) is 3.21. The van der Waals surface area contributed by atoms with Gasteiger partial charge in [0, 0.05) is 5.69 Å². The number of anilines is 1. The lowest BCUT2D eigenvalue weighted by molar-refractivity contribution is 0.0696. The first-order valence-corrected chi connectivity index (χ1v) is 8.18. The third-order valence-electron chi connectivity index (χ3n) is 3.23. The summed E-state index contributed by atoms with van der Waals surface area (Å²) < 4.78 is 18.4. The summed E-state index contributed by atoms with van der Waals surface area (Å²) in [6, 6.07) is 11.3. The summed E-state index contributed by atoms with van der Waals surface area (Å²) in [6.07, 6.45) is 0. The van der Waals surface area contributed by atoms with E-state index in [-0.39, 0.29) is 17.2 Å². The minimum Gasteiger partial charge on any atom is -0.486 e. The topological polar surface area (TPSA) is 101 Å². The van der Waals surface area contributed by atoms with E-state index in [1.807, 2.05) is 0 Å². The molecule has 9 heteroatoms. The lowest BCUT2D eigenvalue weighted by Crippen LogP contribution is -2.11. The Morgan fingerprint density at radius 2 is 1.77 bits per heavy atom. The highest BCUT2D eigenvalue weighted by Crippen LogP contribution is 2.17. The van der Waals surface area contributed by atoms with Crippen LogP contribution < -0.4 is 10.1 Å². The van der Waals surface area contributed by atoms with Crippen LogP contribution in [-0.2, 0) is 6.61 Å². The minimum atomic E-state index is -1.02. The largest absolute Gasteiger partial charge is 0.486 e. The second kappa shape index (κ2) is 7.70. The molecule has 0 atom stereocenters. The first-order valence-electron chi connectivity index (χ1n) is 7.37. The van der Waals surface area contributed by atoms with Gasteiger partial charge >= 0.3 is 5.97 Å². The molecule has 1 amide bonds. The van der Waals surface area contributed by atoms with Gasteiger partial charge < -0.3 is 15.2 Å². The predicted molar refractivity (Wildman–Crippen MR) is 92.0 cm³/mol. The van der Waals surface area contributed by atoms with Crippen LogP contribution in [0.4, 0.5) is 10.1 Å². The van der Waals surface area contributed by atoms with Crippen molar-refractivity contribution in [2.45, 2.75) is 6.61 Å². The molecule has 1 aromatic heterocycles. The summed E-state index contributed by atoms with van der Waals surface area (Å²) in [4.78, 5) is 22.9. The highest BCUT2D eigenvalue weighted by atomic mass is 32.1. The van der Waals surface area contributed by atoms with Crippen molar-refractivity contribution in [2.75, 3.05) is 5.32 Å². The van der Waals surface area contributed by atoms with Crippen molar-refractivity contribution in [3.05, 3.63) is 69.9 Å². The van der Waals surface area contributed by atoms with E-state index in [0.717, 1.165) is 11.3 Å². The number of ether oxygens (including phenoxy) is 1. The zero-order valence-electron chi connectivity index (χ0n) is 13.2. The Labute approximate surface area is 151 Å². The lowest BCUT2D eigenvalue weighted by Gasteiger charge is -2.03. The van der Waals surface area contributed by atoms with Gasteiger partial charge in [0.2, 0.25) is 5.01 Å². The minimum absolute atomic E-state index is 0.0912. The molecule has 0 unspecified atom stereocenters. The SMILES string of the molecule is O=C(O)c1ccc(OCc2nnc(C(=O)Nc3ccc(F)cc3)s2)cc1. The summed E-state index contributed by atoms with van der Waals surface area (Å²) in [7, 11) is 0. The molecular formula is C17H12FN3O4S. The van der Waals surface area contributed by atoms with Gasteiger partial charge in [0.1, 0.15) is 18.2 Å². The van der Waals surface area contributed by atoms with Crippen LogP contribution in [0, 0.1) is 5.82 Å². The van der Waals surface area contributed by atoms with Crippen LogP contribution in [-0.4, -0.2) is 27.2 Å². The van der Waals surface area contributed by atoms with Crippen molar-refractivity contribution in [2.24, 2.45) is 0 Å². The normalized spacial score (nSPS) is 10.3. The number of halogens is 1.